The molecule has 0 aromatic heterocycles. The predicted molar refractivity (Wildman–Crippen MR) is 227 cm³/mol. The monoisotopic (exact) mass is 736 g/mol. The van der Waals surface area contributed by atoms with Crippen molar-refractivity contribution in [2.45, 2.75) is 276 Å². The highest BCUT2D eigenvalue weighted by atomic mass is 16.3. The molecule has 3 atom stereocenters. The fourth-order valence-corrected chi connectivity index (χ4v) is 7.45. The van der Waals surface area contributed by atoms with Crippen molar-refractivity contribution in [3.05, 3.63) is 12.2 Å². The fraction of sp³-hybridized carbons (Fsp3) is 0.936. The van der Waals surface area contributed by atoms with E-state index in [0.29, 0.717) is 12.8 Å². The number of rotatable bonds is 43. The van der Waals surface area contributed by atoms with Gasteiger partial charge < -0.3 is 20.6 Å². The Morgan fingerprint density at radius 2 is 0.769 bits per heavy atom. The Balaban J connectivity index is 3.45. The van der Waals surface area contributed by atoms with Gasteiger partial charge in [0.2, 0.25) is 5.91 Å². The predicted octanol–water partition coefficient (Wildman–Crippen LogP) is 13.6. The van der Waals surface area contributed by atoms with Gasteiger partial charge in [-0.05, 0) is 38.5 Å². The zero-order valence-corrected chi connectivity index (χ0v) is 35.2. The smallest absolute Gasteiger partial charge is 0.220 e. The van der Waals surface area contributed by atoms with Crippen molar-refractivity contribution in [3.8, 4) is 0 Å². The van der Waals surface area contributed by atoms with E-state index in [9.17, 15) is 20.1 Å². The van der Waals surface area contributed by atoms with Crippen molar-refractivity contribution in [3.63, 3.8) is 0 Å². The summed E-state index contributed by atoms with van der Waals surface area (Å²) in [4.78, 5) is 12.4. The lowest BCUT2D eigenvalue weighted by Gasteiger charge is -2.26. The number of carbonyl (C=O) groups is 1. The maximum atomic E-state index is 12.4. The number of aliphatic hydroxyl groups excluding tert-OH is 3. The molecule has 0 radical (unpaired) electrons. The minimum absolute atomic E-state index is 0.144. The molecule has 3 unspecified atom stereocenters. The van der Waals surface area contributed by atoms with Gasteiger partial charge in [0.1, 0.15) is 6.10 Å². The topological polar surface area (TPSA) is 89.8 Å². The van der Waals surface area contributed by atoms with Gasteiger partial charge in [0.05, 0.1) is 18.8 Å². The van der Waals surface area contributed by atoms with Gasteiger partial charge in [-0.15, -0.1) is 0 Å². The number of hydrogen-bond acceptors (Lipinski definition) is 4. The Hall–Kier alpha value is -0.910. The van der Waals surface area contributed by atoms with Crippen LogP contribution in [-0.2, 0) is 4.79 Å². The summed E-state index contributed by atoms with van der Waals surface area (Å²) in [5.74, 6) is -0.144. The second-order valence-electron chi connectivity index (χ2n) is 16.3. The molecule has 0 fully saturated rings. The van der Waals surface area contributed by atoms with Crippen molar-refractivity contribution in [1.82, 2.24) is 5.32 Å². The van der Waals surface area contributed by atoms with E-state index in [-0.39, 0.29) is 12.5 Å². The lowest BCUT2D eigenvalue weighted by Crippen LogP contribution is -2.50. The second-order valence-corrected chi connectivity index (χ2v) is 16.3. The minimum atomic E-state index is -1.13. The normalized spacial score (nSPS) is 13.6. The Labute approximate surface area is 325 Å². The van der Waals surface area contributed by atoms with Gasteiger partial charge in [-0.25, -0.2) is 0 Å². The van der Waals surface area contributed by atoms with Crippen LogP contribution in [0, 0.1) is 0 Å². The third kappa shape index (κ3) is 37.4. The number of amides is 1. The number of carbonyl (C=O) groups excluding carboxylic acids is 1. The summed E-state index contributed by atoms with van der Waals surface area (Å²) in [5.41, 5.74) is 0. The maximum Gasteiger partial charge on any atom is 0.220 e. The molecule has 0 heterocycles. The molecule has 0 saturated carbocycles. The van der Waals surface area contributed by atoms with Crippen LogP contribution in [0.2, 0.25) is 0 Å². The minimum Gasteiger partial charge on any atom is -0.394 e. The van der Waals surface area contributed by atoms with Gasteiger partial charge >= 0.3 is 0 Å². The molecular weight excluding hydrogens is 643 g/mol. The number of allylic oxidation sites excluding steroid dienone is 2. The van der Waals surface area contributed by atoms with Crippen LogP contribution in [0.4, 0.5) is 0 Å². The molecule has 0 aliphatic heterocycles. The molecule has 4 N–H and O–H groups in total. The first-order chi connectivity index (χ1) is 25.6. The van der Waals surface area contributed by atoms with Crippen LogP contribution in [0.15, 0.2) is 12.2 Å². The second kappa shape index (κ2) is 42.8. The lowest BCUT2D eigenvalue weighted by molar-refractivity contribution is -0.124. The van der Waals surface area contributed by atoms with Crippen LogP contribution in [-0.4, -0.2) is 46.1 Å². The van der Waals surface area contributed by atoms with E-state index in [2.05, 4.69) is 31.3 Å². The van der Waals surface area contributed by atoms with Crippen molar-refractivity contribution in [2.75, 3.05) is 6.61 Å². The average molecular weight is 736 g/mol. The molecule has 52 heavy (non-hydrogen) atoms. The van der Waals surface area contributed by atoms with Gasteiger partial charge in [-0.2, -0.15) is 0 Å². The van der Waals surface area contributed by atoms with E-state index in [4.69, 9.17) is 0 Å². The van der Waals surface area contributed by atoms with Crippen molar-refractivity contribution >= 4 is 5.91 Å². The van der Waals surface area contributed by atoms with E-state index in [1.54, 1.807) is 0 Å². The molecule has 0 aliphatic carbocycles. The third-order valence-corrected chi connectivity index (χ3v) is 11.1. The molecule has 310 valence electrons. The molecule has 0 aliphatic rings. The molecule has 0 aromatic rings. The third-order valence-electron chi connectivity index (χ3n) is 11.1. The van der Waals surface area contributed by atoms with Gasteiger partial charge in [-0.3, -0.25) is 4.79 Å². The van der Waals surface area contributed by atoms with E-state index in [0.717, 1.165) is 38.5 Å². The van der Waals surface area contributed by atoms with Crippen LogP contribution < -0.4 is 5.32 Å². The molecule has 1 amide bonds. The maximum absolute atomic E-state index is 12.4. The van der Waals surface area contributed by atoms with Gasteiger partial charge in [0.15, 0.2) is 0 Å². The van der Waals surface area contributed by atoms with Crippen LogP contribution in [0.5, 0.6) is 0 Å². The van der Waals surface area contributed by atoms with Crippen molar-refractivity contribution in [1.29, 1.82) is 0 Å². The zero-order valence-electron chi connectivity index (χ0n) is 35.2. The first-order valence-corrected chi connectivity index (χ1v) is 23.5. The highest BCUT2D eigenvalue weighted by Gasteiger charge is 2.26. The SMILES string of the molecule is CCCCCCCCCCCCCC/C=C\CCCCCCCCCCCCCCCCC(=O)NC(CO)C(O)C(O)CCCCCCCCCC. The van der Waals surface area contributed by atoms with Gasteiger partial charge in [0.25, 0.3) is 0 Å². The standard InChI is InChI=1S/C47H93NO4/c1-3-5-7-9-11-13-14-15-16-17-18-19-20-21-22-23-24-25-26-27-28-29-30-31-32-33-34-36-38-40-42-46(51)48-44(43-49)47(52)45(50)41-39-37-35-12-10-8-6-4-2/h21-22,44-45,47,49-50,52H,3-20,23-43H2,1-2H3,(H,48,51)/b22-21-. The summed E-state index contributed by atoms with van der Waals surface area (Å²) in [6.07, 6.45) is 50.8. The molecule has 0 bridgehead atoms. The summed E-state index contributed by atoms with van der Waals surface area (Å²) in [5, 5.41) is 33.3. The molecule has 5 nitrogen and oxygen atoms in total. The molecule has 0 spiro atoms. The number of unbranched alkanes of at least 4 members (excludes halogenated alkanes) is 33. The summed E-state index contributed by atoms with van der Waals surface area (Å²) >= 11 is 0. The molecular formula is C47H93NO4. The van der Waals surface area contributed by atoms with Crippen LogP contribution in [0.25, 0.3) is 0 Å². The van der Waals surface area contributed by atoms with E-state index >= 15 is 0 Å². The Morgan fingerprint density at radius 1 is 0.462 bits per heavy atom. The summed E-state index contributed by atoms with van der Waals surface area (Å²) in [7, 11) is 0. The van der Waals surface area contributed by atoms with Crippen LogP contribution >= 0.6 is 0 Å². The Bertz CT molecular complexity index is 728. The molecule has 5 heteroatoms. The average Bonchev–Trinajstić information content (AvgIpc) is 3.15. The number of hydrogen-bond donors (Lipinski definition) is 4. The first-order valence-electron chi connectivity index (χ1n) is 23.5. The van der Waals surface area contributed by atoms with Crippen LogP contribution in [0.3, 0.4) is 0 Å². The Morgan fingerprint density at radius 3 is 1.12 bits per heavy atom. The zero-order chi connectivity index (χ0) is 38.0. The Kier molecular flexibility index (Phi) is 42.1. The largest absolute Gasteiger partial charge is 0.394 e. The van der Waals surface area contributed by atoms with Gasteiger partial charge in [-0.1, -0.05) is 225 Å². The molecule has 0 rings (SSSR count). The van der Waals surface area contributed by atoms with E-state index in [1.165, 1.54) is 193 Å². The van der Waals surface area contributed by atoms with Crippen LogP contribution in [0.1, 0.15) is 258 Å². The van der Waals surface area contributed by atoms with Gasteiger partial charge in [0, 0.05) is 6.42 Å². The lowest BCUT2D eigenvalue weighted by atomic mass is 9.99. The summed E-state index contributed by atoms with van der Waals surface area (Å²) in [6, 6.07) is -0.803. The summed E-state index contributed by atoms with van der Waals surface area (Å²) in [6.45, 7) is 4.15. The highest BCUT2D eigenvalue weighted by molar-refractivity contribution is 5.76. The highest BCUT2D eigenvalue weighted by Crippen LogP contribution is 2.17. The van der Waals surface area contributed by atoms with E-state index in [1.807, 2.05) is 0 Å². The van der Waals surface area contributed by atoms with Crippen molar-refractivity contribution in [2.24, 2.45) is 0 Å². The summed E-state index contributed by atoms with van der Waals surface area (Å²) < 4.78 is 0. The van der Waals surface area contributed by atoms with E-state index < -0.39 is 18.2 Å². The number of aliphatic hydroxyl groups is 3. The first kappa shape index (κ1) is 51.1. The van der Waals surface area contributed by atoms with Crippen molar-refractivity contribution < 1.29 is 20.1 Å². The molecule has 0 aromatic carbocycles. The fourth-order valence-electron chi connectivity index (χ4n) is 7.45. The number of nitrogens with one attached hydrogen (secondary N) is 1. The molecule has 0 saturated heterocycles. The quantitative estimate of drug-likeness (QED) is 0.0371.